The average molecular weight is 316 g/mol. The highest BCUT2D eigenvalue weighted by Gasteiger charge is 2.16. The van der Waals surface area contributed by atoms with Crippen LogP contribution in [0.15, 0.2) is 18.2 Å². The highest BCUT2D eigenvalue weighted by molar-refractivity contribution is 5.97. The lowest BCUT2D eigenvalue weighted by molar-refractivity contribution is -0.119. The first-order valence-electron chi connectivity index (χ1n) is 6.31. The smallest absolute Gasteiger partial charge is 0.253 e. The monoisotopic (exact) mass is 315 g/mol. The van der Waals surface area contributed by atoms with Crippen LogP contribution in [-0.4, -0.2) is 44.5 Å². The second-order valence-electron chi connectivity index (χ2n) is 4.74. The van der Waals surface area contributed by atoms with Crippen molar-refractivity contribution in [3.8, 4) is 5.75 Å². The molecule has 1 unspecified atom stereocenters. The van der Waals surface area contributed by atoms with Crippen LogP contribution in [0.4, 0.5) is 5.69 Å². The van der Waals surface area contributed by atoms with Gasteiger partial charge in [-0.15, -0.1) is 12.4 Å². The molecule has 1 atom stereocenters. The van der Waals surface area contributed by atoms with Crippen molar-refractivity contribution in [2.24, 2.45) is 11.7 Å². The van der Waals surface area contributed by atoms with E-state index in [9.17, 15) is 9.59 Å². The topological polar surface area (TPSA) is 84.7 Å². The van der Waals surface area contributed by atoms with E-state index < -0.39 is 0 Å². The van der Waals surface area contributed by atoms with E-state index in [4.69, 9.17) is 10.5 Å². The second-order valence-corrected chi connectivity index (χ2v) is 4.74. The summed E-state index contributed by atoms with van der Waals surface area (Å²) in [5, 5.41) is 2.74. The average Bonchev–Trinajstić information content (AvgIpc) is 2.45. The molecule has 21 heavy (non-hydrogen) atoms. The first-order valence-corrected chi connectivity index (χ1v) is 6.31. The molecule has 0 heterocycles. The van der Waals surface area contributed by atoms with Crippen LogP contribution in [0.1, 0.15) is 17.3 Å². The number of hydrogen-bond acceptors (Lipinski definition) is 4. The number of ether oxygens (including phenoxy) is 1. The first-order chi connectivity index (χ1) is 9.40. The fraction of sp³-hybridized carbons (Fsp3) is 0.429. The van der Waals surface area contributed by atoms with E-state index in [2.05, 4.69) is 5.32 Å². The zero-order valence-electron chi connectivity index (χ0n) is 12.7. The molecular formula is C14H22ClN3O3. The Hall–Kier alpha value is -1.79. The molecular weight excluding hydrogens is 294 g/mol. The highest BCUT2D eigenvalue weighted by Crippen LogP contribution is 2.26. The molecule has 0 aliphatic heterocycles. The molecule has 0 radical (unpaired) electrons. The molecule has 0 aromatic heterocycles. The fourth-order valence-electron chi connectivity index (χ4n) is 1.55. The van der Waals surface area contributed by atoms with E-state index >= 15 is 0 Å². The Labute approximate surface area is 131 Å². The Bertz CT molecular complexity index is 506. The summed E-state index contributed by atoms with van der Waals surface area (Å²) >= 11 is 0. The molecule has 1 rings (SSSR count). The third kappa shape index (κ3) is 4.91. The summed E-state index contributed by atoms with van der Waals surface area (Å²) in [4.78, 5) is 25.2. The maximum Gasteiger partial charge on any atom is 0.253 e. The summed E-state index contributed by atoms with van der Waals surface area (Å²) in [6, 6.07) is 4.90. The van der Waals surface area contributed by atoms with Crippen molar-refractivity contribution in [1.82, 2.24) is 4.90 Å². The minimum Gasteiger partial charge on any atom is -0.495 e. The van der Waals surface area contributed by atoms with Crippen LogP contribution in [-0.2, 0) is 4.79 Å². The van der Waals surface area contributed by atoms with Gasteiger partial charge in [-0.1, -0.05) is 6.92 Å². The summed E-state index contributed by atoms with van der Waals surface area (Å²) in [6.07, 6.45) is 0. The van der Waals surface area contributed by atoms with Crippen molar-refractivity contribution in [2.75, 3.05) is 33.1 Å². The Morgan fingerprint density at radius 2 is 2.00 bits per heavy atom. The van der Waals surface area contributed by atoms with Gasteiger partial charge in [0.1, 0.15) is 5.75 Å². The largest absolute Gasteiger partial charge is 0.495 e. The minimum atomic E-state index is -0.289. The highest BCUT2D eigenvalue weighted by atomic mass is 35.5. The summed E-state index contributed by atoms with van der Waals surface area (Å²) in [6.45, 7) is 2.01. The number of nitrogens with one attached hydrogen (secondary N) is 1. The van der Waals surface area contributed by atoms with Gasteiger partial charge in [0.15, 0.2) is 0 Å². The molecule has 0 aliphatic rings. The van der Waals surface area contributed by atoms with Crippen LogP contribution in [0.2, 0.25) is 0 Å². The van der Waals surface area contributed by atoms with Crippen LogP contribution in [0.3, 0.4) is 0 Å². The van der Waals surface area contributed by atoms with Crippen molar-refractivity contribution in [3.63, 3.8) is 0 Å². The predicted molar refractivity (Wildman–Crippen MR) is 85.1 cm³/mol. The lowest BCUT2D eigenvalue weighted by Crippen LogP contribution is -2.27. The quantitative estimate of drug-likeness (QED) is 0.859. The third-order valence-electron chi connectivity index (χ3n) is 2.91. The number of carbonyl (C=O) groups is 2. The number of methoxy groups -OCH3 is 1. The van der Waals surface area contributed by atoms with Gasteiger partial charge in [-0.25, -0.2) is 0 Å². The number of carbonyl (C=O) groups excluding carboxylic acids is 2. The lowest BCUT2D eigenvalue weighted by Gasteiger charge is -2.15. The standard InChI is InChI=1S/C14H21N3O3.ClH/c1-9(8-15)13(18)16-11-6-5-10(7-12(11)20-4)14(19)17(2)3;/h5-7,9H,8,15H2,1-4H3,(H,16,18);1H. The normalized spacial score (nSPS) is 11.1. The molecule has 0 aliphatic carbocycles. The van der Waals surface area contributed by atoms with Gasteiger partial charge in [0, 0.05) is 32.1 Å². The van der Waals surface area contributed by atoms with Crippen molar-refractivity contribution in [1.29, 1.82) is 0 Å². The number of amides is 2. The van der Waals surface area contributed by atoms with Gasteiger partial charge in [0.05, 0.1) is 12.8 Å². The predicted octanol–water partition coefficient (Wildman–Crippen LogP) is 1.35. The molecule has 1 aromatic carbocycles. The number of anilines is 1. The van der Waals surface area contributed by atoms with E-state index in [1.54, 1.807) is 39.2 Å². The summed E-state index contributed by atoms with van der Waals surface area (Å²) in [7, 11) is 4.84. The molecule has 0 fully saturated rings. The molecule has 2 amide bonds. The molecule has 1 aromatic rings. The van der Waals surface area contributed by atoms with E-state index in [1.165, 1.54) is 12.0 Å². The van der Waals surface area contributed by atoms with Gasteiger partial charge in [-0.2, -0.15) is 0 Å². The summed E-state index contributed by atoms with van der Waals surface area (Å²) < 4.78 is 5.21. The number of nitrogens with zero attached hydrogens (tertiary/aromatic N) is 1. The minimum absolute atomic E-state index is 0. The van der Waals surface area contributed by atoms with Crippen LogP contribution < -0.4 is 15.8 Å². The second kappa shape index (κ2) is 8.49. The first kappa shape index (κ1) is 19.2. The summed E-state index contributed by atoms with van der Waals surface area (Å²) in [5.74, 6) is -0.160. The number of rotatable bonds is 5. The zero-order chi connectivity index (χ0) is 15.3. The van der Waals surface area contributed by atoms with Crippen molar-refractivity contribution >= 4 is 29.9 Å². The van der Waals surface area contributed by atoms with E-state index in [0.29, 0.717) is 17.0 Å². The van der Waals surface area contributed by atoms with Gasteiger partial charge in [0.2, 0.25) is 5.91 Å². The number of nitrogens with two attached hydrogens (primary N) is 1. The molecule has 6 nitrogen and oxygen atoms in total. The molecule has 3 N–H and O–H groups in total. The van der Waals surface area contributed by atoms with Crippen LogP contribution >= 0.6 is 12.4 Å². The van der Waals surface area contributed by atoms with Crippen molar-refractivity contribution in [3.05, 3.63) is 23.8 Å². The molecule has 0 saturated heterocycles. The fourth-order valence-corrected chi connectivity index (χ4v) is 1.55. The molecule has 0 bridgehead atoms. The van der Waals surface area contributed by atoms with Crippen LogP contribution in [0, 0.1) is 5.92 Å². The van der Waals surface area contributed by atoms with Crippen molar-refractivity contribution < 1.29 is 14.3 Å². The zero-order valence-corrected chi connectivity index (χ0v) is 13.5. The molecule has 7 heteroatoms. The molecule has 0 spiro atoms. The third-order valence-corrected chi connectivity index (χ3v) is 2.91. The van der Waals surface area contributed by atoms with Gasteiger partial charge < -0.3 is 20.7 Å². The van der Waals surface area contributed by atoms with Crippen LogP contribution in [0.5, 0.6) is 5.75 Å². The summed E-state index contributed by atoms with van der Waals surface area (Å²) in [5.41, 5.74) is 6.47. The number of benzene rings is 1. The Balaban J connectivity index is 0.00000400. The van der Waals surface area contributed by atoms with Gasteiger partial charge in [0.25, 0.3) is 5.91 Å². The van der Waals surface area contributed by atoms with Crippen molar-refractivity contribution in [2.45, 2.75) is 6.92 Å². The Morgan fingerprint density at radius 3 is 2.48 bits per heavy atom. The van der Waals surface area contributed by atoms with E-state index in [0.717, 1.165) is 0 Å². The Morgan fingerprint density at radius 1 is 1.38 bits per heavy atom. The molecule has 0 saturated carbocycles. The van der Waals surface area contributed by atoms with E-state index in [-0.39, 0.29) is 36.7 Å². The Kier molecular flexibility index (Phi) is 7.76. The van der Waals surface area contributed by atoms with Gasteiger partial charge >= 0.3 is 0 Å². The maximum absolute atomic E-state index is 11.9. The SMILES string of the molecule is COc1cc(C(=O)N(C)C)ccc1NC(=O)C(C)CN.Cl. The van der Waals surface area contributed by atoms with Gasteiger partial charge in [-0.3, -0.25) is 9.59 Å². The van der Waals surface area contributed by atoms with Gasteiger partial charge in [-0.05, 0) is 18.2 Å². The number of hydrogen-bond donors (Lipinski definition) is 2. The maximum atomic E-state index is 11.9. The van der Waals surface area contributed by atoms with Crippen LogP contribution in [0.25, 0.3) is 0 Å². The number of halogens is 1. The lowest BCUT2D eigenvalue weighted by atomic mass is 10.1. The molecule has 118 valence electrons. The van der Waals surface area contributed by atoms with E-state index in [1.807, 2.05) is 0 Å².